The van der Waals surface area contributed by atoms with Gasteiger partial charge in [-0.05, 0) is 51.7 Å². The zero-order valence-electron chi connectivity index (χ0n) is 13.8. The molecule has 2 atom stereocenters. The summed E-state index contributed by atoms with van der Waals surface area (Å²) in [6, 6.07) is 1.92. The molecule has 0 aliphatic carbocycles. The van der Waals surface area contributed by atoms with E-state index in [0.29, 0.717) is 24.8 Å². The lowest BCUT2D eigenvalue weighted by Crippen LogP contribution is -2.45. The van der Waals surface area contributed by atoms with Crippen molar-refractivity contribution in [3.8, 4) is 0 Å². The minimum Gasteiger partial charge on any atom is -0.444 e. The molecule has 0 radical (unpaired) electrons. The number of rotatable bonds is 2. The minimum atomic E-state index is -4.48. The van der Waals surface area contributed by atoms with Gasteiger partial charge in [-0.3, -0.25) is 9.88 Å². The first-order chi connectivity index (χ1) is 11.0. The van der Waals surface area contributed by atoms with Crippen LogP contribution in [0.1, 0.15) is 44.9 Å². The van der Waals surface area contributed by atoms with Gasteiger partial charge in [0.05, 0.1) is 0 Å². The molecule has 24 heavy (non-hydrogen) atoms. The Morgan fingerprint density at radius 1 is 1.33 bits per heavy atom. The van der Waals surface area contributed by atoms with Gasteiger partial charge < -0.3 is 9.84 Å². The largest absolute Gasteiger partial charge is 0.444 e. The number of aliphatic hydroxyl groups excluding tert-OH is 1. The topological polar surface area (TPSA) is 62.7 Å². The monoisotopic (exact) mass is 346 g/mol. The number of likely N-dealkylation sites (tertiary alicyclic amines) is 1. The molecule has 134 valence electrons. The van der Waals surface area contributed by atoms with Crippen LogP contribution in [0.25, 0.3) is 0 Å². The predicted molar refractivity (Wildman–Crippen MR) is 80.0 cm³/mol. The van der Waals surface area contributed by atoms with Gasteiger partial charge in [-0.2, -0.15) is 13.2 Å². The van der Waals surface area contributed by atoms with Crippen molar-refractivity contribution >= 4 is 6.09 Å². The normalized spacial score (nSPS) is 21.9. The molecule has 1 aliphatic rings. The van der Waals surface area contributed by atoms with Gasteiger partial charge in [0.15, 0.2) is 0 Å². The van der Waals surface area contributed by atoms with Crippen molar-refractivity contribution < 1.29 is 27.8 Å². The summed E-state index contributed by atoms with van der Waals surface area (Å²) in [6.07, 6.45) is -3.66. The van der Waals surface area contributed by atoms with Crippen molar-refractivity contribution in [2.75, 3.05) is 0 Å². The molecule has 8 heteroatoms. The number of aromatic nitrogens is 1. The third-order valence-electron chi connectivity index (χ3n) is 3.66. The molecule has 1 unspecified atom stereocenters. The first-order valence-electron chi connectivity index (χ1n) is 7.69. The van der Waals surface area contributed by atoms with Crippen LogP contribution in [-0.2, 0) is 17.3 Å². The fraction of sp³-hybridized carbons (Fsp3) is 0.625. The highest BCUT2D eigenvalue weighted by Crippen LogP contribution is 2.29. The molecule has 1 aromatic heterocycles. The second-order valence-electron chi connectivity index (χ2n) is 6.85. The number of ether oxygens (including phenoxy) is 1. The first kappa shape index (κ1) is 18.5. The summed E-state index contributed by atoms with van der Waals surface area (Å²) in [5.74, 6) is 0. The summed E-state index contributed by atoms with van der Waals surface area (Å²) in [4.78, 5) is 16.9. The lowest BCUT2D eigenvalue weighted by Gasteiger charge is -2.30. The van der Waals surface area contributed by atoms with E-state index < -0.39 is 29.8 Å². The molecule has 2 rings (SSSR count). The van der Waals surface area contributed by atoms with Crippen LogP contribution in [0.3, 0.4) is 0 Å². The molecule has 1 saturated heterocycles. The van der Waals surface area contributed by atoms with Crippen molar-refractivity contribution in [2.24, 2.45) is 0 Å². The quantitative estimate of drug-likeness (QED) is 0.892. The first-order valence-corrected chi connectivity index (χ1v) is 7.69. The van der Waals surface area contributed by atoms with Gasteiger partial charge >= 0.3 is 12.3 Å². The van der Waals surface area contributed by atoms with Gasteiger partial charge in [-0.15, -0.1) is 0 Å². The third kappa shape index (κ3) is 4.59. The number of carbonyl (C=O) groups excluding carboxylic acids is 1. The van der Waals surface area contributed by atoms with Crippen LogP contribution in [0, 0.1) is 0 Å². The van der Waals surface area contributed by atoms with Crippen LogP contribution in [0.15, 0.2) is 18.3 Å². The van der Waals surface area contributed by atoms with E-state index in [1.54, 1.807) is 20.8 Å². The number of halogens is 3. The number of pyridine rings is 1. The van der Waals surface area contributed by atoms with Crippen LogP contribution >= 0.6 is 0 Å². The zero-order valence-corrected chi connectivity index (χ0v) is 13.8. The summed E-state index contributed by atoms with van der Waals surface area (Å²) in [6.45, 7) is 5.17. The van der Waals surface area contributed by atoms with Crippen LogP contribution < -0.4 is 0 Å². The predicted octanol–water partition coefficient (Wildman–Crippen LogP) is 3.36. The van der Waals surface area contributed by atoms with E-state index >= 15 is 0 Å². The number of hydrogen-bond donors (Lipinski definition) is 1. The number of amides is 1. The molecular weight excluding hydrogens is 325 g/mol. The third-order valence-corrected chi connectivity index (χ3v) is 3.66. The molecule has 5 nitrogen and oxygen atoms in total. The lowest BCUT2D eigenvalue weighted by atomic mass is 10.1. The van der Waals surface area contributed by atoms with Gasteiger partial charge in [0.2, 0.25) is 0 Å². The summed E-state index contributed by atoms with van der Waals surface area (Å²) < 4.78 is 42.9. The van der Waals surface area contributed by atoms with E-state index in [0.717, 1.165) is 12.3 Å². The molecule has 2 heterocycles. The van der Waals surface area contributed by atoms with Crippen LogP contribution in [0.4, 0.5) is 18.0 Å². The number of nitrogens with zero attached hydrogens (tertiary/aromatic N) is 2. The van der Waals surface area contributed by atoms with Gasteiger partial charge in [0.25, 0.3) is 0 Å². The van der Waals surface area contributed by atoms with Crippen molar-refractivity contribution in [3.63, 3.8) is 0 Å². The summed E-state index contributed by atoms with van der Waals surface area (Å²) in [5, 5.41) is 10.0. The Balaban J connectivity index is 2.09. The SMILES string of the molecule is CC(C)(C)OC(=O)N1C(O)CC[C@@H]1Cc1ccc(C(F)(F)F)nc1. The molecule has 1 fully saturated rings. The van der Waals surface area contributed by atoms with E-state index in [1.807, 2.05) is 0 Å². The molecule has 1 aromatic rings. The van der Waals surface area contributed by atoms with Crippen molar-refractivity contribution in [1.29, 1.82) is 0 Å². The van der Waals surface area contributed by atoms with Crippen molar-refractivity contribution in [3.05, 3.63) is 29.6 Å². The Morgan fingerprint density at radius 3 is 2.50 bits per heavy atom. The summed E-state index contributed by atoms with van der Waals surface area (Å²) in [5.41, 5.74) is -1.09. The van der Waals surface area contributed by atoms with Crippen LogP contribution in [-0.4, -0.2) is 39.0 Å². The number of carbonyl (C=O) groups is 1. The van der Waals surface area contributed by atoms with E-state index in [2.05, 4.69) is 4.98 Å². The molecule has 1 N–H and O–H groups in total. The van der Waals surface area contributed by atoms with Crippen molar-refractivity contribution in [2.45, 2.75) is 64.1 Å². The molecule has 0 bridgehead atoms. The van der Waals surface area contributed by atoms with Gasteiger partial charge in [0, 0.05) is 12.2 Å². The lowest BCUT2D eigenvalue weighted by molar-refractivity contribution is -0.141. The zero-order chi connectivity index (χ0) is 18.1. The van der Waals surface area contributed by atoms with Crippen LogP contribution in [0.5, 0.6) is 0 Å². The summed E-state index contributed by atoms with van der Waals surface area (Å²) in [7, 11) is 0. The molecular formula is C16H21F3N2O3. The standard InChI is InChI=1S/C16H21F3N2O3/c1-15(2,3)24-14(23)21-11(5-7-13(21)22)8-10-4-6-12(20-9-10)16(17,18)19/h4,6,9,11,13,22H,5,7-8H2,1-3H3/t11-,13?/m1/s1. The fourth-order valence-corrected chi connectivity index (χ4v) is 2.63. The fourth-order valence-electron chi connectivity index (χ4n) is 2.63. The van der Waals surface area contributed by atoms with Crippen LogP contribution in [0.2, 0.25) is 0 Å². The maximum Gasteiger partial charge on any atom is 0.433 e. The average molecular weight is 346 g/mol. The van der Waals surface area contributed by atoms with E-state index in [4.69, 9.17) is 4.74 Å². The molecule has 1 amide bonds. The number of hydrogen-bond acceptors (Lipinski definition) is 4. The second kappa shape index (κ2) is 6.58. The molecule has 0 spiro atoms. The second-order valence-corrected chi connectivity index (χ2v) is 6.85. The Hall–Kier alpha value is -1.83. The molecule has 1 aliphatic heterocycles. The van der Waals surface area contributed by atoms with Gasteiger partial charge in [0.1, 0.15) is 17.5 Å². The minimum absolute atomic E-state index is 0.307. The smallest absolute Gasteiger partial charge is 0.433 e. The maximum atomic E-state index is 12.5. The Bertz CT molecular complexity index is 582. The van der Waals surface area contributed by atoms with Gasteiger partial charge in [-0.25, -0.2) is 4.79 Å². The highest BCUT2D eigenvalue weighted by atomic mass is 19.4. The average Bonchev–Trinajstić information content (AvgIpc) is 2.77. The van der Waals surface area contributed by atoms with Crippen molar-refractivity contribution in [1.82, 2.24) is 9.88 Å². The Morgan fingerprint density at radius 2 is 2.00 bits per heavy atom. The Labute approximate surface area is 138 Å². The highest BCUT2D eigenvalue weighted by Gasteiger charge is 2.38. The maximum absolute atomic E-state index is 12.5. The highest BCUT2D eigenvalue weighted by molar-refractivity contribution is 5.69. The number of aliphatic hydroxyl groups is 1. The Kier molecular flexibility index (Phi) is 5.08. The van der Waals surface area contributed by atoms with E-state index in [9.17, 15) is 23.1 Å². The van der Waals surface area contributed by atoms with E-state index in [-0.39, 0.29) is 6.04 Å². The van der Waals surface area contributed by atoms with Gasteiger partial charge in [-0.1, -0.05) is 6.07 Å². The molecule has 0 saturated carbocycles. The number of alkyl halides is 3. The van der Waals surface area contributed by atoms with E-state index in [1.165, 1.54) is 11.0 Å². The molecule has 0 aromatic carbocycles. The summed E-state index contributed by atoms with van der Waals surface area (Å²) >= 11 is 0.